The van der Waals surface area contributed by atoms with Crippen molar-refractivity contribution in [2.75, 3.05) is 31.1 Å². The minimum absolute atomic E-state index is 0.0979. The van der Waals surface area contributed by atoms with Gasteiger partial charge in [0.1, 0.15) is 17.5 Å². The molecule has 9 heteroatoms. The number of benzene rings is 1. The molecule has 6 rings (SSSR count). The van der Waals surface area contributed by atoms with E-state index in [0.29, 0.717) is 32.1 Å². The molecule has 0 N–H and O–H groups in total. The lowest BCUT2D eigenvalue weighted by molar-refractivity contribution is 0.0751. The van der Waals surface area contributed by atoms with Crippen LogP contribution in [-0.4, -0.2) is 56.7 Å². The third-order valence-corrected chi connectivity index (χ3v) is 8.45. The number of piperazine rings is 1. The number of amides is 1. The van der Waals surface area contributed by atoms with Crippen LogP contribution in [-0.2, 0) is 6.42 Å². The molecule has 1 amide bonds. The first-order valence-electron chi connectivity index (χ1n) is 13.2. The molecule has 1 saturated heterocycles. The van der Waals surface area contributed by atoms with E-state index in [1.807, 2.05) is 34.0 Å². The summed E-state index contributed by atoms with van der Waals surface area (Å²) in [6, 6.07) is 10.2. The van der Waals surface area contributed by atoms with Crippen molar-refractivity contribution in [1.82, 2.24) is 24.6 Å². The Balaban J connectivity index is 1.35. The number of anilines is 1. The van der Waals surface area contributed by atoms with E-state index in [2.05, 4.69) is 4.90 Å². The van der Waals surface area contributed by atoms with E-state index in [1.165, 1.54) is 55.6 Å². The Kier molecular flexibility index (Phi) is 6.63. The fourth-order valence-electron chi connectivity index (χ4n) is 5.61. The molecule has 1 aromatic carbocycles. The summed E-state index contributed by atoms with van der Waals surface area (Å²) in [5.74, 6) is 2.16. The summed E-state index contributed by atoms with van der Waals surface area (Å²) in [4.78, 5) is 28.0. The van der Waals surface area contributed by atoms with Crippen molar-refractivity contribution in [3.05, 3.63) is 64.0 Å². The van der Waals surface area contributed by atoms with Gasteiger partial charge in [0.2, 0.25) is 0 Å². The molecule has 2 aliphatic rings. The number of halogens is 1. The van der Waals surface area contributed by atoms with E-state index < -0.39 is 0 Å². The zero-order valence-corrected chi connectivity index (χ0v) is 21.9. The van der Waals surface area contributed by atoms with E-state index in [0.717, 1.165) is 45.4 Å². The first-order chi connectivity index (χ1) is 18.1. The lowest BCUT2D eigenvalue weighted by Crippen LogP contribution is -2.49. The van der Waals surface area contributed by atoms with Gasteiger partial charge in [0.25, 0.3) is 5.91 Å². The number of hydrogen-bond acceptors (Lipinski definition) is 6. The van der Waals surface area contributed by atoms with Gasteiger partial charge in [0.15, 0.2) is 5.65 Å². The Hall–Kier alpha value is -3.33. The minimum Gasteiger partial charge on any atom is -0.352 e. The number of carbonyl (C=O) groups excluding carboxylic acids is 1. The fourth-order valence-corrected chi connectivity index (χ4v) is 6.31. The van der Waals surface area contributed by atoms with Crippen molar-refractivity contribution >= 4 is 34.1 Å². The van der Waals surface area contributed by atoms with Gasteiger partial charge < -0.3 is 9.80 Å². The second-order valence-electron chi connectivity index (χ2n) is 10.1. The minimum atomic E-state index is -0.278. The zero-order valence-electron chi connectivity index (χ0n) is 21.1. The summed E-state index contributed by atoms with van der Waals surface area (Å²) in [6.45, 7) is 4.67. The lowest BCUT2D eigenvalue weighted by Gasteiger charge is -2.35. The van der Waals surface area contributed by atoms with Crippen molar-refractivity contribution < 1.29 is 9.18 Å². The van der Waals surface area contributed by atoms with Gasteiger partial charge in [-0.05, 0) is 48.6 Å². The monoisotopic (exact) mass is 518 g/mol. The summed E-state index contributed by atoms with van der Waals surface area (Å²) >= 11 is 1.49. The standard InChI is InChI=1S/C28H31FN6OS/c1-19-25-26(33-13-15-34(16-14-33)28(36)23-8-5-17-37-23)30-24(18-20-6-3-2-4-7-20)31-27(25)35(32-19)22-11-9-21(29)10-12-22/h5,8-12,17,20H,2-4,6-7,13-16,18H2,1H3. The number of carbonyl (C=O) groups is 1. The fraction of sp³-hybridized carbons (Fsp3) is 0.429. The van der Waals surface area contributed by atoms with E-state index in [4.69, 9.17) is 15.1 Å². The lowest BCUT2D eigenvalue weighted by atomic mass is 9.87. The van der Waals surface area contributed by atoms with Gasteiger partial charge in [-0.2, -0.15) is 5.10 Å². The van der Waals surface area contributed by atoms with E-state index in [1.54, 1.807) is 12.1 Å². The van der Waals surface area contributed by atoms with Gasteiger partial charge in [-0.1, -0.05) is 38.2 Å². The van der Waals surface area contributed by atoms with E-state index >= 15 is 0 Å². The highest BCUT2D eigenvalue weighted by atomic mass is 32.1. The average Bonchev–Trinajstić information content (AvgIpc) is 3.58. The third kappa shape index (κ3) is 4.84. The maximum Gasteiger partial charge on any atom is 0.264 e. The molecule has 192 valence electrons. The van der Waals surface area contributed by atoms with Crippen LogP contribution in [0.2, 0.25) is 0 Å². The van der Waals surface area contributed by atoms with Gasteiger partial charge in [0, 0.05) is 32.6 Å². The van der Waals surface area contributed by atoms with Gasteiger partial charge in [-0.3, -0.25) is 4.79 Å². The highest BCUT2D eigenvalue weighted by Crippen LogP contribution is 2.32. The number of fused-ring (bicyclic) bond motifs is 1. The van der Waals surface area contributed by atoms with Crippen LogP contribution in [0, 0.1) is 18.7 Å². The Bertz CT molecular complexity index is 1390. The second-order valence-corrected chi connectivity index (χ2v) is 11.0. The maximum absolute atomic E-state index is 13.6. The quantitative estimate of drug-likeness (QED) is 0.353. The van der Waals surface area contributed by atoms with Crippen LogP contribution in [0.25, 0.3) is 16.7 Å². The van der Waals surface area contributed by atoms with Crippen LogP contribution in [0.4, 0.5) is 10.2 Å². The van der Waals surface area contributed by atoms with Crippen molar-refractivity contribution in [3.8, 4) is 5.69 Å². The molecule has 4 heterocycles. The number of nitrogens with zero attached hydrogens (tertiary/aromatic N) is 6. The molecule has 1 aliphatic carbocycles. The molecule has 4 aromatic rings. The Morgan fingerprint density at radius 1 is 1.03 bits per heavy atom. The molecule has 2 fully saturated rings. The maximum atomic E-state index is 13.6. The molecule has 0 bridgehead atoms. The third-order valence-electron chi connectivity index (χ3n) is 7.60. The molecule has 0 atom stereocenters. The number of thiophene rings is 1. The van der Waals surface area contributed by atoms with Crippen molar-refractivity contribution in [2.24, 2.45) is 5.92 Å². The Morgan fingerprint density at radius 2 is 1.78 bits per heavy atom. The van der Waals surface area contributed by atoms with Crippen LogP contribution in [0.15, 0.2) is 41.8 Å². The highest BCUT2D eigenvalue weighted by molar-refractivity contribution is 7.12. The summed E-state index contributed by atoms with van der Waals surface area (Å²) in [5, 5.41) is 7.68. The summed E-state index contributed by atoms with van der Waals surface area (Å²) in [5.41, 5.74) is 2.38. The van der Waals surface area contributed by atoms with Crippen LogP contribution in [0.3, 0.4) is 0 Å². The van der Waals surface area contributed by atoms with Gasteiger partial charge in [-0.25, -0.2) is 19.0 Å². The number of hydrogen-bond donors (Lipinski definition) is 0. The van der Waals surface area contributed by atoms with Crippen LogP contribution < -0.4 is 4.90 Å². The summed E-state index contributed by atoms with van der Waals surface area (Å²) in [7, 11) is 0. The highest BCUT2D eigenvalue weighted by Gasteiger charge is 2.28. The van der Waals surface area contributed by atoms with Gasteiger partial charge in [-0.15, -0.1) is 11.3 Å². The predicted molar refractivity (Wildman–Crippen MR) is 144 cm³/mol. The number of rotatable bonds is 5. The van der Waals surface area contributed by atoms with Gasteiger partial charge >= 0.3 is 0 Å². The number of aryl methyl sites for hydroxylation is 1. The molecule has 0 spiro atoms. The van der Waals surface area contributed by atoms with E-state index in [9.17, 15) is 9.18 Å². The molecule has 37 heavy (non-hydrogen) atoms. The SMILES string of the molecule is Cc1nn(-c2ccc(F)cc2)c2nc(CC3CCCCC3)nc(N3CCN(C(=O)c4cccs4)CC3)c12. The molecule has 1 saturated carbocycles. The van der Waals surface area contributed by atoms with Crippen molar-refractivity contribution in [1.29, 1.82) is 0 Å². The molecular weight excluding hydrogens is 487 g/mol. The predicted octanol–water partition coefficient (Wildman–Crippen LogP) is 5.41. The average molecular weight is 519 g/mol. The number of aromatic nitrogens is 4. The molecule has 1 aliphatic heterocycles. The zero-order chi connectivity index (χ0) is 25.4. The second kappa shape index (κ2) is 10.2. The van der Waals surface area contributed by atoms with Crippen LogP contribution in [0.1, 0.15) is 53.3 Å². The van der Waals surface area contributed by atoms with Crippen LogP contribution in [0.5, 0.6) is 0 Å². The summed E-state index contributed by atoms with van der Waals surface area (Å²) in [6.07, 6.45) is 7.15. The largest absolute Gasteiger partial charge is 0.352 e. The first kappa shape index (κ1) is 24.0. The molecule has 0 radical (unpaired) electrons. The Labute approximate surface area is 219 Å². The normalized spacial score (nSPS) is 17.0. The summed E-state index contributed by atoms with van der Waals surface area (Å²) < 4.78 is 15.5. The van der Waals surface area contributed by atoms with Crippen LogP contribution >= 0.6 is 11.3 Å². The van der Waals surface area contributed by atoms with Crippen molar-refractivity contribution in [2.45, 2.75) is 45.4 Å². The molecular formula is C28H31FN6OS. The smallest absolute Gasteiger partial charge is 0.264 e. The Morgan fingerprint density at radius 3 is 2.49 bits per heavy atom. The first-order valence-corrected chi connectivity index (χ1v) is 14.0. The molecule has 3 aromatic heterocycles. The van der Waals surface area contributed by atoms with E-state index in [-0.39, 0.29) is 11.7 Å². The van der Waals surface area contributed by atoms with Crippen molar-refractivity contribution in [3.63, 3.8) is 0 Å². The molecule has 7 nitrogen and oxygen atoms in total. The van der Waals surface area contributed by atoms with Gasteiger partial charge in [0.05, 0.1) is 21.6 Å². The molecule has 0 unspecified atom stereocenters. The topological polar surface area (TPSA) is 67.2 Å².